The molecule has 0 aromatic carbocycles. The number of nitrogens with two attached hydrogens (primary N) is 1. The molecule has 4 heteroatoms. The van der Waals surface area contributed by atoms with E-state index >= 15 is 0 Å². The molecular formula is C9H18N2O2. The number of carboxylic acids is 1. The van der Waals surface area contributed by atoms with Crippen LogP contribution in [0.5, 0.6) is 0 Å². The highest BCUT2D eigenvalue weighted by Gasteiger charge is 2.28. The van der Waals surface area contributed by atoms with Crippen LogP contribution >= 0.6 is 0 Å². The van der Waals surface area contributed by atoms with E-state index in [4.69, 9.17) is 10.8 Å². The van der Waals surface area contributed by atoms with Crippen LogP contribution in [-0.2, 0) is 4.79 Å². The molecule has 1 aliphatic carbocycles. The summed E-state index contributed by atoms with van der Waals surface area (Å²) >= 11 is 0. The Hall–Kier alpha value is -0.610. The molecule has 0 saturated heterocycles. The maximum Gasteiger partial charge on any atom is 0.322 e. The summed E-state index contributed by atoms with van der Waals surface area (Å²) in [7, 11) is 1.86. The third-order valence-corrected chi connectivity index (χ3v) is 2.90. The monoisotopic (exact) mass is 186 g/mol. The van der Waals surface area contributed by atoms with E-state index in [1.54, 1.807) is 0 Å². The number of carbonyl (C=O) groups is 1. The first kappa shape index (κ1) is 10.5. The zero-order valence-electron chi connectivity index (χ0n) is 8.07. The van der Waals surface area contributed by atoms with E-state index in [-0.39, 0.29) is 6.54 Å². The molecule has 1 fully saturated rings. The molecule has 0 aromatic rings. The Balaban J connectivity index is 2.51. The number of hydrogen-bond donors (Lipinski definition) is 2. The summed E-state index contributed by atoms with van der Waals surface area (Å²) in [5.74, 6) is -0.808. The molecule has 0 bridgehead atoms. The fourth-order valence-electron chi connectivity index (χ4n) is 2.01. The summed E-state index contributed by atoms with van der Waals surface area (Å²) in [4.78, 5) is 12.7. The molecule has 0 spiro atoms. The third-order valence-electron chi connectivity index (χ3n) is 2.90. The van der Waals surface area contributed by atoms with Gasteiger partial charge in [-0.25, -0.2) is 0 Å². The van der Waals surface area contributed by atoms with E-state index in [1.165, 1.54) is 12.8 Å². The lowest BCUT2D eigenvalue weighted by Gasteiger charge is -2.29. The highest BCUT2D eigenvalue weighted by molar-refractivity contribution is 5.73. The van der Waals surface area contributed by atoms with Gasteiger partial charge in [-0.1, -0.05) is 12.8 Å². The van der Waals surface area contributed by atoms with Crippen molar-refractivity contribution in [3.63, 3.8) is 0 Å². The molecule has 1 unspecified atom stereocenters. The second-order valence-corrected chi connectivity index (χ2v) is 3.69. The van der Waals surface area contributed by atoms with E-state index in [0.717, 1.165) is 12.8 Å². The number of nitrogens with zero attached hydrogens (tertiary/aromatic N) is 1. The lowest BCUT2D eigenvalue weighted by Crippen LogP contribution is -2.48. The lowest BCUT2D eigenvalue weighted by atomic mass is 10.1. The van der Waals surface area contributed by atoms with Gasteiger partial charge in [-0.3, -0.25) is 9.69 Å². The number of carboxylic acid groups (broad SMARTS) is 1. The quantitative estimate of drug-likeness (QED) is 0.661. The van der Waals surface area contributed by atoms with Gasteiger partial charge >= 0.3 is 5.97 Å². The average molecular weight is 186 g/mol. The van der Waals surface area contributed by atoms with Crippen molar-refractivity contribution in [3.8, 4) is 0 Å². The highest BCUT2D eigenvalue weighted by atomic mass is 16.4. The standard InChI is InChI=1S/C9H18N2O2/c1-11(7-4-2-3-5-7)8(6-10)9(12)13/h7-8H,2-6,10H2,1H3,(H,12,13). The van der Waals surface area contributed by atoms with Gasteiger partial charge in [0.25, 0.3) is 0 Å². The summed E-state index contributed by atoms with van der Waals surface area (Å²) in [6, 6.07) is -0.0900. The predicted molar refractivity (Wildman–Crippen MR) is 50.5 cm³/mol. The van der Waals surface area contributed by atoms with E-state index in [1.807, 2.05) is 11.9 Å². The second kappa shape index (κ2) is 4.58. The smallest absolute Gasteiger partial charge is 0.322 e. The minimum Gasteiger partial charge on any atom is -0.480 e. The van der Waals surface area contributed by atoms with Gasteiger partial charge < -0.3 is 10.8 Å². The van der Waals surface area contributed by atoms with Crippen molar-refractivity contribution in [1.29, 1.82) is 0 Å². The lowest BCUT2D eigenvalue weighted by molar-refractivity contribution is -0.143. The molecule has 0 heterocycles. The third kappa shape index (κ3) is 2.42. The van der Waals surface area contributed by atoms with Gasteiger partial charge in [0.05, 0.1) is 0 Å². The Kier molecular flexibility index (Phi) is 3.69. The first-order chi connectivity index (χ1) is 6.16. The number of rotatable bonds is 4. The highest BCUT2D eigenvalue weighted by Crippen LogP contribution is 2.23. The molecule has 3 N–H and O–H groups in total. The minimum absolute atomic E-state index is 0.197. The molecule has 0 aliphatic heterocycles. The van der Waals surface area contributed by atoms with Crippen LogP contribution in [-0.4, -0.2) is 41.7 Å². The van der Waals surface area contributed by atoms with E-state index in [2.05, 4.69) is 0 Å². The van der Waals surface area contributed by atoms with E-state index in [9.17, 15) is 4.79 Å². The van der Waals surface area contributed by atoms with Crippen molar-refractivity contribution in [2.24, 2.45) is 5.73 Å². The van der Waals surface area contributed by atoms with Gasteiger partial charge in [0.15, 0.2) is 0 Å². The Morgan fingerprint density at radius 3 is 2.54 bits per heavy atom. The van der Waals surface area contributed by atoms with Crippen LogP contribution in [0.15, 0.2) is 0 Å². The molecule has 4 nitrogen and oxygen atoms in total. The summed E-state index contributed by atoms with van der Waals surface area (Å²) in [6.07, 6.45) is 4.65. The SMILES string of the molecule is CN(C1CCCC1)C(CN)C(=O)O. The Bertz CT molecular complexity index is 178. The normalized spacial score (nSPS) is 20.8. The molecule has 1 rings (SSSR count). The summed E-state index contributed by atoms with van der Waals surface area (Å²) in [5, 5.41) is 8.88. The first-order valence-corrected chi connectivity index (χ1v) is 4.81. The number of likely N-dealkylation sites (N-methyl/N-ethyl adjacent to an activating group) is 1. The Morgan fingerprint density at radius 2 is 2.15 bits per heavy atom. The van der Waals surface area contributed by atoms with Gasteiger partial charge in [0.2, 0.25) is 0 Å². The fourth-order valence-corrected chi connectivity index (χ4v) is 2.01. The van der Waals surface area contributed by atoms with E-state index < -0.39 is 12.0 Å². The zero-order chi connectivity index (χ0) is 9.84. The van der Waals surface area contributed by atoms with Crippen molar-refractivity contribution in [3.05, 3.63) is 0 Å². The molecule has 0 radical (unpaired) electrons. The van der Waals surface area contributed by atoms with Crippen molar-refractivity contribution < 1.29 is 9.90 Å². The van der Waals surface area contributed by atoms with Crippen molar-refractivity contribution in [2.45, 2.75) is 37.8 Å². The van der Waals surface area contributed by atoms with Crippen molar-refractivity contribution >= 4 is 5.97 Å². The minimum atomic E-state index is -0.808. The first-order valence-electron chi connectivity index (χ1n) is 4.81. The molecular weight excluding hydrogens is 168 g/mol. The fraction of sp³-hybridized carbons (Fsp3) is 0.889. The van der Waals surface area contributed by atoms with Gasteiger partial charge in [-0.15, -0.1) is 0 Å². The van der Waals surface area contributed by atoms with Crippen LogP contribution in [0.25, 0.3) is 0 Å². The largest absolute Gasteiger partial charge is 0.480 e. The summed E-state index contributed by atoms with van der Waals surface area (Å²) < 4.78 is 0. The van der Waals surface area contributed by atoms with Crippen LogP contribution in [0.3, 0.4) is 0 Å². The zero-order valence-corrected chi connectivity index (χ0v) is 8.07. The van der Waals surface area contributed by atoms with Gasteiger partial charge in [0.1, 0.15) is 6.04 Å². The second-order valence-electron chi connectivity index (χ2n) is 3.69. The van der Waals surface area contributed by atoms with Crippen LogP contribution in [0, 0.1) is 0 Å². The topological polar surface area (TPSA) is 66.6 Å². The summed E-state index contributed by atoms with van der Waals surface area (Å²) in [6.45, 7) is 0.197. The van der Waals surface area contributed by atoms with Crippen molar-refractivity contribution in [1.82, 2.24) is 4.90 Å². The Morgan fingerprint density at radius 1 is 1.62 bits per heavy atom. The van der Waals surface area contributed by atoms with Gasteiger partial charge in [0, 0.05) is 12.6 Å². The maximum atomic E-state index is 10.8. The van der Waals surface area contributed by atoms with Gasteiger partial charge in [-0.2, -0.15) is 0 Å². The van der Waals surface area contributed by atoms with E-state index in [0.29, 0.717) is 6.04 Å². The van der Waals surface area contributed by atoms with Crippen LogP contribution in [0.1, 0.15) is 25.7 Å². The number of hydrogen-bond acceptors (Lipinski definition) is 3. The summed E-state index contributed by atoms with van der Waals surface area (Å²) in [5.41, 5.74) is 5.42. The molecule has 1 saturated carbocycles. The van der Waals surface area contributed by atoms with Crippen LogP contribution < -0.4 is 5.73 Å². The Labute approximate surface area is 78.7 Å². The maximum absolute atomic E-state index is 10.8. The molecule has 0 aromatic heterocycles. The van der Waals surface area contributed by atoms with Gasteiger partial charge in [-0.05, 0) is 19.9 Å². The molecule has 1 aliphatic rings. The molecule has 1 atom stereocenters. The van der Waals surface area contributed by atoms with Crippen molar-refractivity contribution in [2.75, 3.05) is 13.6 Å². The predicted octanol–water partition coefficient (Wildman–Crippen LogP) is 0.273. The molecule has 0 amide bonds. The molecule has 76 valence electrons. The average Bonchev–Trinajstić information content (AvgIpc) is 2.56. The van der Waals surface area contributed by atoms with Crippen LogP contribution in [0.2, 0.25) is 0 Å². The van der Waals surface area contributed by atoms with Crippen LogP contribution in [0.4, 0.5) is 0 Å². The molecule has 13 heavy (non-hydrogen) atoms. The number of aliphatic carboxylic acids is 1.